The van der Waals surface area contributed by atoms with Crippen LogP contribution in [-0.4, -0.2) is 73.1 Å². The van der Waals surface area contributed by atoms with Crippen LogP contribution in [0.3, 0.4) is 0 Å². The molecule has 0 aromatic heterocycles. The number of likely N-dealkylation sites (N-methyl/N-ethyl adjacent to an activating group) is 1. The molecule has 2 aromatic rings. The first-order chi connectivity index (χ1) is 19.7. The molecule has 3 rings (SSSR count). The fraction of sp³-hybridized carbons (Fsp3) is 0.515. The lowest BCUT2D eigenvalue weighted by atomic mass is 9.93. The Hall–Kier alpha value is -3.52. The molecule has 1 amide bonds. The number of hydrogen-bond donors (Lipinski definition) is 1. The number of aliphatic hydroxyl groups excluding tert-OH is 1. The fourth-order valence-corrected chi connectivity index (χ4v) is 4.98. The highest BCUT2D eigenvalue weighted by atomic mass is 16.5. The molecule has 8 heteroatoms. The molecule has 224 valence electrons. The number of amides is 1. The Bertz CT molecular complexity index is 1230. The van der Waals surface area contributed by atoms with E-state index in [2.05, 4.69) is 32.6 Å². The van der Waals surface area contributed by atoms with Crippen LogP contribution in [0.4, 0.5) is 0 Å². The van der Waals surface area contributed by atoms with Gasteiger partial charge in [-0.05, 0) is 80.2 Å². The lowest BCUT2D eigenvalue weighted by Gasteiger charge is -2.28. The quantitative estimate of drug-likeness (QED) is 0.161. The van der Waals surface area contributed by atoms with Crippen LogP contribution < -0.4 is 14.2 Å². The van der Waals surface area contributed by atoms with Crippen LogP contribution in [0, 0.1) is 12.8 Å². The van der Waals surface area contributed by atoms with Gasteiger partial charge in [0.1, 0.15) is 11.5 Å². The molecule has 1 aliphatic rings. The molecule has 1 atom stereocenters. The normalized spacial score (nSPS) is 16.6. The number of carbonyl (C=O) groups is 2. The van der Waals surface area contributed by atoms with Gasteiger partial charge in [0.25, 0.3) is 11.7 Å². The molecule has 0 spiro atoms. The summed E-state index contributed by atoms with van der Waals surface area (Å²) in [5.74, 6) is 0.769. The molecule has 8 nitrogen and oxygen atoms in total. The van der Waals surface area contributed by atoms with Gasteiger partial charge in [0.05, 0.1) is 31.9 Å². The summed E-state index contributed by atoms with van der Waals surface area (Å²) < 4.78 is 17.4. The number of nitrogens with zero attached hydrogens (tertiary/aromatic N) is 2. The third-order valence-corrected chi connectivity index (χ3v) is 7.47. The van der Waals surface area contributed by atoms with E-state index in [4.69, 9.17) is 14.2 Å². The average Bonchev–Trinajstić information content (AvgIpc) is 3.21. The predicted octanol–water partition coefficient (Wildman–Crippen LogP) is 5.98. The largest absolute Gasteiger partial charge is 0.507 e. The summed E-state index contributed by atoms with van der Waals surface area (Å²) in [4.78, 5) is 30.7. The van der Waals surface area contributed by atoms with E-state index in [1.54, 1.807) is 30.2 Å². The van der Waals surface area contributed by atoms with Gasteiger partial charge in [-0.2, -0.15) is 0 Å². The number of hydrogen-bond acceptors (Lipinski definition) is 7. The predicted molar refractivity (Wildman–Crippen MR) is 162 cm³/mol. The molecule has 1 fully saturated rings. The summed E-state index contributed by atoms with van der Waals surface area (Å²) in [5, 5.41) is 11.6. The molecular weight excluding hydrogens is 520 g/mol. The van der Waals surface area contributed by atoms with Crippen molar-refractivity contribution in [2.75, 3.05) is 46.5 Å². The molecule has 1 unspecified atom stereocenters. The number of Topliss-reactive ketones (excluding diaryl/α,β-unsaturated/α-hetero) is 1. The van der Waals surface area contributed by atoms with Crippen molar-refractivity contribution >= 4 is 17.4 Å². The maximum atomic E-state index is 13.5. The molecule has 0 saturated carbocycles. The maximum absolute atomic E-state index is 13.5. The van der Waals surface area contributed by atoms with Crippen LogP contribution in [0.25, 0.3) is 5.76 Å². The first-order valence-corrected chi connectivity index (χ1v) is 14.7. The number of methoxy groups -OCH3 is 1. The van der Waals surface area contributed by atoms with Crippen molar-refractivity contribution in [2.24, 2.45) is 5.92 Å². The van der Waals surface area contributed by atoms with E-state index in [0.29, 0.717) is 60.6 Å². The van der Waals surface area contributed by atoms with Crippen molar-refractivity contribution in [3.8, 4) is 17.2 Å². The van der Waals surface area contributed by atoms with Gasteiger partial charge in [-0.1, -0.05) is 40.7 Å². The Kier molecular flexibility index (Phi) is 11.6. The number of aliphatic hydroxyl groups is 1. The lowest BCUT2D eigenvalue weighted by Crippen LogP contribution is -2.38. The van der Waals surface area contributed by atoms with Crippen molar-refractivity contribution in [1.29, 1.82) is 0 Å². The molecule has 0 aliphatic carbocycles. The second kappa shape index (κ2) is 14.9. The second-order valence-electron chi connectivity index (χ2n) is 10.8. The average molecular weight is 567 g/mol. The van der Waals surface area contributed by atoms with Gasteiger partial charge in [0.2, 0.25) is 0 Å². The number of benzene rings is 2. The van der Waals surface area contributed by atoms with Crippen LogP contribution in [-0.2, 0) is 9.59 Å². The molecule has 0 bridgehead atoms. The number of rotatable bonds is 15. The Morgan fingerprint density at radius 2 is 1.73 bits per heavy atom. The van der Waals surface area contributed by atoms with Crippen LogP contribution >= 0.6 is 0 Å². The summed E-state index contributed by atoms with van der Waals surface area (Å²) in [6, 6.07) is 10.0. The fourth-order valence-electron chi connectivity index (χ4n) is 4.98. The van der Waals surface area contributed by atoms with Gasteiger partial charge in [0.15, 0.2) is 11.5 Å². The number of ketones is 1. The van der Waals surface area contributed by atoms with Gasteiger partial charge in [-0.3, -0.25) is 9.59 Å². The van der Waals surface area contributed by atoms with Crippen molar-refractivity contribution in [1.82, 2.24) is 9.80 Å². The van der Waals surface area contributed by atoms with Gasteiger partial charge in [-0.25, -0.2) is 0 Å². The van der Waals surface area contributed by atoms with E-state index in [0.717, 1.165) is 31.5 Å². The van der Waals surface area contributed by atoms with Crippen LogP contribution in [0.1, 0.15) is 70.2 Å². The molecular formula is C33H46N2O6. The first-order valence-electron chi connectivity index (χ1n) is 14.7. The standard InChI is InChI=1S/C33H46N2O6/c1-8-18-40-25-12-13-26(23(6)20-25)31(36)29-30(35(33(38)32(29)37)17-16-34(9-2)10-3)24-11-14-27(28(21-24)39-7)41-19-15-22(4)5/h11-14,20-22,30,36H,8-10,15-19H2,1-7H3. The minimum absolute atomic E-state index is 0.0652. The van der Waals surface area contributed by atoms with Crippen LogP contribution in [0.5, 0.6) is 17.2 Å². The highest BCUT2D eigenvalue weighted by Crippen LogP contribution is 2.42. The minimum Gasteiger partial charge on any atom is -0.507 e. The SMILES string of the molecule is CCCOc1ccc(C(O)=C2C(=O)C(=O)N(CCN(CC)CC)C2c2ccc(OCCC(C)C)c(OC)c2)c(C)c1. The second-order valence-corrected chi connectivity index (χ2v) is 10.8. The Labute approximate surface area is 244 Å². The highest BCUT2D eigenvalue weighted by Gasteiger charge is 2.46. The van der Waals surface area contributed by atoms with Crippen molar-refractivity contribution in [2.45, 2.75) is 60.4 Å². The summed E-state index contributed by atoms with van der Waals surface area (Å²) in [5.41, 5.74) is 1.96. The smallest absolute Gasteiger partial charge is 0.295 e. The van der Waals surface area contributed by atoms with E-state index >= 15 is 0 Å². The Morgan fingerprint density at radius 3 is 2.34 bits per heavy atom. The summed E-state index contributed by atoms with van der Waals surface area (Å²) in [7, 11) is 1.57. The molecule has 41 heavy (non-hydrogen) atoms. The minimum atomic E-state index is -0.778. The van der Waals surface area contributed by atoms with Crippen LogP contribution in [0.2, 0.25) is 0 Å². The third kappa shape index (κ3) is 7.61. The Balaban J connectivity index is 2.10. The van der Waals surface area contributed by atoms with E-state index < -0.39 is 17.7 Å². The molecule has 1 heterocycles. The van der Waals surface area contributed by atoms with Gasteiger partial charge >= 0.3 is 0 Å². The van der Waals surface area contributed by atoms with Gasteiger partial charge < -0.3 is 29.1 Å². The third-order valence-electron chi connectivity index (χ3n) is 7.47. The van der Waals surface area contributed by atoms with E-state index in [9.17, 15) is 14.7 Å². The van der Waals surface area contributed by atoms with Gasteiger partial charge in [-0.15, -0.1) is 0 Å². The van der Waals surface area contributed by atoms with Crippen molar-refractivity contribution in [3.05, 3.63) is 58.7 Å². The molecule has 0 radical (unpaired) electrons. The maximum Gasteiger partial charge on any atom is 0.295 e. The number of ether oxygens (including phenoxy) is 3. The first kappa shape index (κ1) is 32.0. The zero-order valence-corrected chi connectivity index (χ0v) is 25.7. The lowest BCUT2D eigenvalue weighted by molar-refractivity contribution is -0.140. The summed E-state index contributed by atoms with van der Waals surface area (Å²) in [6.45, 7) is 16.0. The molecule has 1 N–H and O–H groups in total. The topological polar surface area (TPSA) is 88.5 Å². The highest BCUT2D eigenvalue weighted by molar-refractivity contribution is 6.46. The van der Waals surface area contributed by atoms with Gasteiger partial charge in [0, 0.05) is 18.7 Å². The molecule has 1 saturated heterocycles. The van der Waals surface area contributed by atoms with E-state index in [-0.39, 0.29) is 11.3 Å². The Morgan fingerprint density at radius 1 is 1.00 bits per heavy atom. The molecule has 2 aromatic carbocycles. The zero-order valence-electron chi connectivity index (χ0n) is 25.7. The van der Waals surface area contributed by atoms with E-state index in [1.807, 2.05) is 32.0 Å². The number of carbonyl (C=O) groups excluding carboxylic acids is 2. The van der Waals surface area contributed by atoms with E-state index in [1.165, 1.54) is 0 Å². The summed E-state index contributed by atoms with van der Waals surface area (Å²) in [6.07, 6.45) is 1.78. The zero-order chi connectivity index (χ0) is 30.1. The molecule has 1 aliphatic heterocycles. The monoisotopic (exact) mass is 566 g/mol. The number of aryl methyl sites for hydroxylation is 1. The van der Waals surface area contributed by atoms with Crippen molar-refractivity contribution in [3.63, 3.8) is 0 Å². The van der Waals surface area contributed by atoms with Crippen molar-refractivity contribution < 1.29 is 28.9 Å². The van der Waals surface area contributed by atoms with Crippen LogP contribution in [0.15, 0.2) is 42.0 Å². The number of likely N-dealkylation sites (tertiary alicyclic amines) is 1. The summed E-state index contributed by atoms with van der Waals surface area (Å²) >= 11 is 0.